The number of hydrogen-bond donors (Lipinski definition) is 1. The molecule has 1 amide bonds. The van der Waals surface area contributed by atoms with Gasteiger partial charge >= 0.3 is 0 Å². The molecule has 1 aliphatic carbocycles. The Morgan fingerprint density at radius 2 is 2.04 bits per heavy atom. The van der Waals surface area contributed by atoms with Crippen molar-refractivity contribution in [3.05, 3.63) is 34.6 Å². The summed E-state index contributed by atoms with van der Waals surface area (Å²) in [5, 5.41) is 4.26. The van der Waals surface area contributed by atoms with Crippen LogP contribution in [-0.4, -0.2) is 27.8 Å². The number of fused-ring (bicyclic) bond motifs is 1. The van der Waals surface area contributed by atoms with Crippen LogP contribution >= 0.6 is 11.8 Å². The molecule has 0 saturated heterocycles. The maximum absolute atomic E-state index is 13.4. The van der Waals surface area contributed by atoms with Gasteiger partial charge in [-0.3, -0.25) is 14.2 Å². The molecule has 28 heavy (non-hydrogen) atoms. The van der Waals surface area contributed by atoms with Gasteiger partial charge in [-0.1, -0.05) is 64.4 Å². The lowest BCUT2D eigenvalue weighted by atomic mass is 9.78. The van der Waals surface area contributed by atoms with E-state index in [1.807, 2.05) is 28.8 Å². The van der Waals surface area contributed by atoms with Crippen LogP contribution in [0.2, 0.25) is 0 Å². The lowest BCUT2D eigenvalue weighted by Crippen LogP contribution is -2.36. The Labute approximate surface area is 171 Å². The Balaban J connectivity index is 1.95. The Hall–Kier alpha value is -1.82. The van der Waals surface area contributed by atoms with E-state index in [0.29, 0.717) is 40.4 Å². The number of aromatic nitrogens is 2. The molecule has 1 aromatic carbocycles. The third-order valence-electron chi connectivity index (χ3n) is 5.81. The van der Waals surface area contributed by atoms with Gasteiger partial charge < -0.3 is 5.32 Å². The highest BCUT2D eigenvalue weighted by Gasteiger charge is 2.31. The average Bonchev–Trinajstić information content (AvgIpc) is 2.67. The molecule has 0 aliphatic heterocycles. The molecule has 3 rings (SSSR count). The van der Waals surface area contributed by atoms with E-state index in [1.165, 1.54) is 18.2 Å². The van der Waals surface area contributed by atoms with E-state index in [2.05, 4.69) is 33.0 Å². The van der Waals surface area contributed by atoms with Gasteiger partial charge in [-0.2, -0.15) is 0 Å². The second-order valence-electron chi connectivity index (χ2n) is 8.41. The van der Waals surface area contributed by atoms with E-state index in [9.17, 15) is 9.59 Å². The fourth-order valence-electron chi connectivity index (χ4n) is 3.94. The van der Waals surface area contributed by atoms with Gasteiger partial charge in [0.2, 0.25) is 5.91 Å². The molecule has 1 aliphatic rings. The lowest BCUT2D eigenvalue weighted by Gasteiger charge is -2.36. The maximum atomic E-state index is 13.4. The van der Waals surface area contributed by atoms with Gasteiger partial charge in [0.15, 0.2) is 5.16 Å². The molecule has 6 heteroatoms. The average molecular weight is 402 g/mol. The van der Waals surface area contributed by atoms with Crippen molar-refractivity contribution < 1.29 is 4.79 Å². The van der Waals surface area contributed by atoms with Gasteiger partial charge in [0.05, 0.1) is 16.7 Å². The van der Waals surface area contributed by atoms with Crippen LogP contribution in [0.25, 0.3) is 10.9 Å². The first-order valence-electron chi connectivity index (χ1n) is 10.3. The summed E-state index contributed by atoms with van der Waals surface area (Å²) in [6.07, 6.45) is 3.31. The van der Waals surface area contributed by atoms with Crippen LogP contribution in [0, 0.1) is 17.8 Å². The molecule has 5 nitrogen and oxygen atoms in total. The highest BCUT2D eigenvalue weighted by atomic mass is 32.2. The van der Waals surface area contributed by atoms with E-state index >= 15 is 0 Å². The number of thioether (sulfide) groups is 1. The largest absolute Gasteiger partial charge is 0.355 e. The summed E-state index contributed by atoms with van der Waals surface area (Å²) in [5.74, 6) is 1.65. The summed E-state index contributed by atoms with van der Waals surface area (Å²) in [7, 11) is 0. The van der Waals surface area contributed by atoms with Gasteiger partial charge in [0.25, 0.3) is 5.56 Å². The number of nitrogens with one attached hydrogen (secondary N) is 1. The van der Waals surface area contributed by atoms with Crippen LogP contribution in [0.5, 0.6) is 0 Å². The van der Waals surface area contributed by atoms with Gasteiger partial charge in [0, 0.05) is 12.6 Å². The SMILES string of the molecule is CC(C)CNC(=O)CSc1nc2ccccc2c(=O)n1C1CCCC(C)C1C. The summed E-state index contributed by atoms with van der Waals surface area (Å²) >= 11 is 1.37. The molecule has 3 atom stereocenters. The van der Waals surface area contributed by atoms with Crippen LogP contribution in [0.3, 0.4) is 0 Å². The van der Waals surface area contributed by atoms with E-state index < -0.39 is 0 Å². The topological polar surface area (TPSA) is 64.0 Å². The van der Waals surface area contributed by atoms with Crippen molar-refractivity contribution in [1.29, 1.82) is 0 Å². The molecule has 152 valence electrons. The quantitative estimate of drug-likeness (QED) is 0.580. The predicted molar refractivity (Wildman–Crippen MR) is 116 cm³/mol. The molecular weight excluding hydrogens is 370 g/mol. The van der Waals surface area contributed by atoms with E-state index in [4.69, 9.17) is 4.98 Å². The first kappa shape index (κ1) is 20.9. The predicted octanol–water partition coefficient (Wildman–Crippen LogP) is 4.26. The summed E-state index contributed by atoms with van der Waals surface area (Å²) < 4.78 is 1.88. The van der Waals surface area contributed by atoms with Crippen molar-refractivity contribution in [3.63, 3.8) is 0 Å². The Bertz CT molecular complexity index is 893. The molecule has 0 radical (unpaired) electrons. The number of amides is 1. The Morgan fingerprint density at radius 3 is 2.79 bits per heavy atom. The van der Waals surface area contributed by atoms with Crippen LogP contribution in [0.1, 0.15) is 53.0 Å². The standard InChI is InChI=1S/C22H31N3O2S/c1-14(2)12-23-20(26)13-28-22-24-18-10-6-5-9-17(18)21(27)25(22)19-11-7-8-15(3)16(19)4/h5-6,9-10,14-16,19H,7-8,11-13H2,1-4H3,(H,23,26). The van der Waals surface area contributed by atoms with Crippen molar-refractivity contribution in [2.45, 2.75) is 58.2 Å². The third kappa shape index (κ3) is 4.59. The van der Waals surface area contributed by atoms with Crippen LogP contribution < -0.4 is 10.9 Å². The summed E-state index contributed by atoms with van der Waals surface area (Å²) in [6, 6.07) is 7.64. The van der Waals surface area contributed by atoms with Crippen molar-refractivity contribution in [3.8, 4) is 0 Å². The molecule has 0 spiro atoms. The van der Waals surface area contributed by atoms with Gasteiger partial charge in [0.1, 0.15) is 0 Å². The van der Waals surface area contributed by atoms with Gasteiger partial charge in [-0.15, -0.1) is 0 Å². The minimum atomic E-state index is -0.0160. The Kier molecular flexibility index (Phi) is 6.81. The maximum Gasteiger partial charge on any atom is 0.262 e. The molecule has 0 bridgehead atoms. The molecule has 1 saturated carbocycles. The van der Waals surface area contributed by atoms with E-state index in [-0.39, 0.29) is 23.3 Å². The first-order chi connectivity index (χ1) is 13.4. The highest BCUT2D eigenvalue weighted by Crippen LogP contribution is 2.38. The molecule has 2 aromatic rings. The minimum Gasteiger partial charge on any atom is -0.355 e. The zero-order valence-electron chi connectivity index (χ0n) is 17.3. The number of rotatable bonds is 6. The zero-order valence-corrected chi connectivity index (χ0v) is 18.1. The highest BCUT2D eigenvalue weighted by molar-refractivity contribution is 7.99. The summed E-state index contributed by atoms with van der Waals surface area (Å²) in [6.45, 7) is 9.31. The van der Waals surface area contributed by atoms with Crippen molar-refractivity contribution >= 4 is 28.6 Å². The number of carbonyl (C=O) groups excluding carboxylic acids is 1. The molecule has 1 heterocycles. The minimum absolute atomic E-state index is 0.0154. The monoisotopic (exact) mass is 401 g/mol. The van der Waals surface area contributed by atoms with E-state index in [0.717, 1.165) is 12.8 Å². The van der Waals surface area contributed by atoms with E-state index in [1.54, 1.807) is 0 Å². The number of hydrogen-bond acceptors (Lipinski definition) is 4. The summed E-state index contributed by atoms with van der Waals surface area (Å²) in [5.41, 5.74) is 0.715. The third-order valence-corrected chi connectivity index (χ3v) is 6.76. The van der Waals surface area contributed by atoms with Crippen LogP contribution in [0.4, 0.5) is 0 Å². The van der Waals surface area contributed by atoms with Gasteiger partial charge in [-0.05, 0) is 36.3 Å². The number of para-hydroxylation sites is 1. The Morgan fingerprint density at radius 1 is 1.29 bits per heavy atom. The fourth-order valence-corrected chi connectivity index (χ4v) is 4.82. The number of carbonyl (C=O) groups is 1. The smallest absolute Gasteiger partial charge is 0.262 e. The van der Waals surface area contributed by atoms with Crippen molar-refractivity contribution in [2.75, 3.05) is 12.3 Å². The molecular formula is C22H31N3O2S. The second kappa shape index (κ2) is 9.12. The van der Waals surface area contributed by atoms with Crippen molar-refractivity contribution in [2.24, 2.45) is 17.8 Å². The fraction of sp³-hybridized carbons (Fsp3) is 0.591. The molecule has 3 unspecified atom stereocenters. The lowest BCUT2D eigenvalue weighted by molar-refractivity contribution is -0.118. The molecule has 1 N–H and O–H groups in total. The zero-order chi connectivity index (χ0) is 20.3. The van der Waals surface area contributed by atoms with Gasteiger partial charge in [-0.25, -0.2) is 4.98 Å². The van der Waals surface area contributed by atoms with Crippen LogP contribution in [-0.2, 0) is 4.79 Å². The van der Waals surface area contributed by atoms with Crippen LogP contribution in [0.15, 0.2) is 34.2 Å². The molecule has 1 fully saturated rings. The first-order valence-corrected chi connectivity index (χ1v) is 11.3. The molecule has 1 aromatic heterocycles. The second-order valence-corrected chi connectivity index (χ2v) is 9.35. The van der Waals surface area contributed by atoms with Crippen molar-refractivity contribution in [1.82, 2.24) is 14.9 Å². The normalized spacial score (nSPS) is 22.5. The summed E-state index contributed by atoms with van der Waals surface area (Å²) in [4.78, 5) is 30.4. The number of nitrogens with zero attached hydrogens (tertiary/aromatic N) is 2. The number of benzene rings is 1.